The number of methoxy groups -OCH3 is 1. The smallest absolute Gasteiger partial charge is 0.317 e. The van der Waals surface area contributed by atoms with Crippen LogP contribution in [0.4, 0.5) is 4.79 Å². The molecule has 7 nitrogen and oxygen atoms in total. The molecule has 0 unspecified atom stereocenters. The maximum absolute atomic E-state index is 12.4. The van der Waals surface area contributed by atoms with E-state index < -0.39 is 10.1 Å². The third kappa shape index (κ3) is 6.45. The van der Waals surface area contributed by atoms with Crippen LogP contribution in [0.25, 0.3) is 0 Å². The molecule has 1 saturated carbocycles. The number of amides is 2. The molecule has 25 heavy (non-hydrogen) atoms. The van der Waals surface area contributed by atoms with Gasteiger partial charge < -0.3 is 19.1 Å². The molecule has 0 aliphatic heterocycles. The van der Waals surface area contributed by atoms with Crippen LogP contribution in [0.1, 0.15) is 32.3 Å². The van der Waals surface area contributed by atoms with Crippen LogP contribution in [0.2, 0.25) is 0 Å². The highest BCUT2D eigenvalue weighted by Gasteiger charge is 2.27. The van der Waals surface area contributed by atoms with E-state index in [1.807, 2.05) is 13.8 Å². The Kier molecular flexibility index (Phi) is 6.16. The van der Waals surface area contributed by atoms with E-state index >= 15 is 0 Å². The molecule has 140 valence electrons. The second-order valence-electron chi connectivity index (χ2n) is 6.70. The van der Waals surface area contributed by atoms with Gasteiger partial charge in [0.1, 0.15) is 0 Å². The summed E-state index contributed by atoms with van der Waals surface area (Å²) in [5.74, 6) is 0.996. The lowest BCUT2D eigenvalue weighted by Crippen LogP contribution is -2.43. The van der Waals surface area contributed by atoms with Crippen molar-refractivity contribution in [2.45, 2.75) is 39.3 Å². The van der Waals surface area contributed by atoms with Gasteiger partial charge in [0.25, 0.3) is 0 Å². The van der Waals surface area contributed by atoms with Crippen LogP contribution in [-0.4, -0.2) is 45.3 Å². The summed E-state index contributed by atoms with van der Waals surface area (Å²) in [4.78, 5) is 14.2. The van der Waals surface area contributed by atoms with Crippen molar-refractivity contribution in [2.75, 3.05) is 19.9 Å². The molecule has 0 radical (unpaired) electrons. The zero-order valence-corrected chi connectivity index (χ0v) is 15.9. The second-order valence-corrected chi connectivity index (χ2v) is 8.28. The predicted octanol–water partition coefficient (Wildman–Crippen LogP) is 2.36. The van der Waals surface area contributed by atoms with Crippen LogP contribution in [0, 0.1) is 5.92 Å². The van der Waals surface area contributed by atoms with Gasteiger partial charge in [-0.15, -0.1) is 0 Å². The topological polar surface area (TPSA) is 84.9 Å². The lowest BCUT2D eigenvalue weighted by atomic mass is 10.2. The highest BCUT2D eigenvalue weighted by Crippen LogP contribution is 2.32. The van der Waals surface area contributed by atoms with Crippen LogP contribution in [0.5, 0.6) is 11.5 Å². The van der Waals surface area contributed by atoms with E-state index in [1.165, 1.54) is 7.11 Å². The zero-order valence-electron chi connectivity index (χ0n) is 15.1. The molecule has 1 aliphatic carbocycles. The van der Waals surface area contributed by atoms with Crippen molar-refractivity contribution >= 4 is 16.1 Å². The molecule has 0 bridgehead atoms. The van der Waals surface area contributed by atoms with Crippen LogP contribution in [-0.2, 0) is 16.7 Å². The fraction of sp³-hybridized carbons (Fsp3) is 0.588. The number of urea groups is 1. The number of hydrogen-bond donors (Lipinski definition) is 1. The summed E-state index contributed by atoms with van der Waals surface area (Å²) in [6, 6.07) is 4.97. The van der Waals surface area contributed by atoms with E-state index in [0.717, 1.165) is 24.7 Å². The standard InChI is InChI=1S/C17H26N2O5S/c1-12(2)18-17(20)19(10-13-5-6-13)11-14-7-8-15(23-3)16(9-14)24-25(4,21)22/h7-9,12-13H,5-6,10-11H2,1-4H3,(H,18,20). The Morgan fingerprint density at radius 1 is 1.32 bits per heavy atom. The molecule has 0 spiro atoms. The minimum atomic E-state index is -3.67. The van der Waals surface area contributed by atoms with Gasteiger partial charge in [0.2, 0.25) is 0 Å². The number of carbonyl (C=O) groups excluding carboxylic acids is 1. The summed E-state index contributed by atoms with van der Waals surface area (Å²) in [6.45, 7) is 4.89. The van der Waals surface area contributed by atoms with Gasteiger partial charge in [-0.3, -0.25) is 0 Å². The Balaban J connectivity index is 2.19. The van der Waals surface area contributed by atoms with Gasteiger partial charge in [-0.25, -0.2) is 4.79 Å². The van der Waals surface area contributed by atoms with Gasteiger partial charge in [0.15, 0.2) is 11.5 Å². The maximum atomic E-state index is 12.4. The predicted molar refractivity (Wildman–Crippen MR) is 95.3 cm³/mol. The van der Waals surface area contributed by atoms with Crippen molar-refractivity contribution in [3.63, 3.8) is 0 Å². The molecule has 1 aromatic rings. The minimum absolute atomic E-state index is 0.0502. The molecule has 2 rings (SSSR count). The molecule has 1 fully saturated rings. The van der Waals surface area contributed by atoms with E-state index in [0.29, 0.717) is 24.8 Å². The van der Waals surface area contributed by atoms with Crippen LogP contribution >= 0.6 is 0 Å². The summed E-state index contributed by atoms with van der Waals surface area (Å²) >= 11 is 0. The highest BCUT2D eigenvalue weighted by atomic mass is 32.2. The van der Waals surface area contributed by atoms with E-state index in [-0.39, 0.29) is 17.8 Å². The summed E-state index contributed by atoms with van der Waals surface area (Å²) in [6.07, 6.45) is 3.25. The fourth-order valence-corrected chi connectivity index (χ4v) is 2.89. The molecular weight excluding hydrogens is 344 g/mol. The first-order valence-corrected chi connectivity index (χ1v) is 10.1. The van der Waals surface area contributed by atoms with Gasteiger partial charge in [-0.2, -0.15) is 8.42 Å². The zero-order chi connectivity index (χ0) is 18.6. The van der Waals surface area contributed by atoms with Crippen molar-refractivity contribution in [1.82, 2.24) is 10.2 Å². The monoisotopic (exact) mass is 370 g/mol. The number of hydrogen-bond acceptors (Lipinski definition) is 5. The van der Waals surface area contributed by atoms with Crippen LogP contribution in [0.15, 0.2) is 18.2 Å². The van der Waals surface area contributed by atoms with Gasteiger partial charge in [-0.1, -0.05) is 6.07 Å². The third-order valence-corrected chi connectivity index (χ3v) is 4.20. The molecule has 1 aliphatic rings. The van der Waals surface area contributed by atoms with Crippen molar-refractivity contribution < 1.29 is 22.1 Å². The Morgan fingerprint density at radius 2 is 2.00 bits per heavy atom. The number of ether oxygens (including phenoxy) is 1. The number of benzene rings is 1. The summed E-state index contributed by atoms with van der Waals surface area (Å²) in [5, 5.41) is 2.91. The lowest BCUT2D eigenvalue weighted by molar-refractivity contribution is 0.190. The minimum Gasteiger partial charge on any atom is -0.493 e. The average Bonchev–Trinajstić information content (AvgIpc) is 3.28. The Bertz CT molecular complexity index is 714. The van der Waals surface area contributed by atoms with E-state index in [9.17, 15) is 13.2 Å². The fourth-order valence-electron chi connectivity index (χ4n) is 2.44. The van der Waals surface area contributed by atoms with Gasteiger partial charge in [0.05, 0.1) is 13.4 Å². The maximum Gasteiger partial charge on any atom is 0.317 e. The van der Waals surface area contributed by atoms with E-state index in [2.05, 4.69) is 5.32 Å². The molecule has 1 N–H and O–H groups in total. The number of nitrogens with zero attached hydrogens (tertiary/aromatic N) is 1. The van der Waals surface area contributed by atoms with Gasteiger partial charge >= 0.3 is 16.1 Å². The summed E-state index contributed by atoms with van der Waals surface area (Å²) in [5.41, 5.74) is 0.777. The number of carbonyl (C=O) groups is 1. The lowest BCUT2D eigenvalue weighted by Gasteiger charge is -2.25. The first-order chi connectivity index (χ1) is 11.7. The Hall–Kier alpha value is -1.96. The highest BCUT2D eigenvalue weighted by molar-refractivity contribution is 7.86. The van der Waals surface area contributed by atoms with Crippen LogP contribution < -0.4 is 14.2 Å². The van der Waals surface area contributed by atoms with Crippen LogP contribution in [0.3, 0.4) is 0 Å². The molecule has 0 atom stereocenters. The molecule has 8 heteroatoms. The van der Waals surface area contributed by atoms with Crippen molar-refractivity contribution in [3.05, 3.63) is 23.8 Å². The third-order valence-electron chi connectivity index (χ3n) is 3.72. The summed E-state index contributed by atoms with van der Waals surface area (Å²) in [7, 11) is -2.23. The Morgan fingerprint density at radius 3 is 2.52 bits per heavy atom. The van der Waals surface area contributed by atoms with Crippen molar-refractivity contribution in [3.8, 4) is 11.5 Å². The Labute approximate surface area is 149 Å². The number of nitrogens with one attached hydrogen (secondary N) is 1. The normalized spacial score (nSPS) is 14.3. The molecule has 2 amide bonds. The average molecular weight is 370 g/mol. The molecule has 0 heterocycles. The van der Waals surface area contributed by atoms with Gasteiger partial charge in [-0.05, 0) is 50.3 Å². The quantitative estimate of drug-likeness (QED) is 0.710. The van der Waals surface area contributed by atoms with Crippen molar-refractivity contribution in [1.29, 1.82) is 0 Å². The van der Waals surface area contributed by atoms with Crippen molar-refractivity contribution in [2.24, 2.45) is 5.92 Å². The largest absolute Gasteiger partial charge is 0.493 e. The summed E-state index contributed by atoms with van der Waals surface area (Å²) < 4.78 is 33.0. The molecule has 0 aromatic heterocycles. The van der Waals surface area contributed by atoms with E-state index in [1.54, 1.807) is 23.1 Å². The SMILES string of the molecule is COc1ccc(CN(CC2CC2)C(=O)NC(C)C)cc1OS(C)(=O)=O. The molecular formula is C17H26N2O5S. The molecule has 0 saturated heterocycles. The first-order valence-electron chi connectivity index (χ1n) is 8.29. The first kappa shape index (κ1) is 19.4. The number of rotatable bonds is 8. The van der Waals surface area contributed by atoms with Gasteiger partial charge in [0, 0.05) is 19.1 Å². The second kappa shape index (κ2) is 7.95. The molecule has 1 aromatic carbocycles. The van der Waals surface area contributed by atoms with E-state index in [4.69, 9.17) is 8.92 Å².